The molecule has 26 heavy (non-hydrogen) atoms. The zero-order valence-electron chi connectivity index (χ0n) is 14.2. The topological polar surface area (TPSA) is 241 Å². The van der Waals surface area contributed by atoms with Crippen molar-refractivity contribution in [3.63, 3.8) is 0 Å². The molecule has 0 aromatic rings. The summed E-state index contributed by atoms with van der Waals surface area (Å²) in [6.07, 6.45) is -7.85. The second kappa shape index (κ2) is 15.2. The van der Waals surface area contributed by atoms with E-state index in [1.165, 1.54) is 0 Å². The van der Waals surface area contributed by atoms with Gasteiger partial charge in [0.15, 0.2) is 6.29 Å². The van der Waals surface area contributed by atoms with Crippen molar-refractivity contribution in [2.45, 2.75) is 24.6 Å². The maximum Gasteiger partial charge on any atom is 1.00 e. The summed E-state index contributed by atoms with van der Waals surface area (Å²) in [4.78, 5) is 50.1. The quantitative estimate of drug-likeness (QED) is 0.227. The van der Waals surface area contributed by atoms with Crippen molar-refractivity contribution in [1.82, 2.24) is 0 Å². The van der Waals surface area contributed by atoms with Gasteiger partial charge in [0.2, 0.25) is 0 Å². The number of hydrogen-bond donors (Lipinski definition) is 3. The second-order valence-electron chi connectivity index (χ2n) is 3.87. The molecule has 0 radical (unpaired) electrons. The van der Waals surface area contributed by atoms with Gasteiger partial charge >= 0.3 is 118 Å². The van der Waals surface area contributed by atoms with Gasteiger partial charge in [-0.25, -0.2) is 0 Å². The van der Waals surface area contributed by atoms with Crippen molar-refractivity contribution in [3.8, 4) is 0 Å². The van der Waals surface area contributed by atoms with Gasteiger partial charge < -0.3 is 48.5 Å². The molecule has 1 rings (SSSR count). The molecular formula is C5H9Na4O14P3. The average molecular weight is 478 g/mol. The van der Waals surface area contributed by atoms with Gasteiger partial charge in [0.1, 0.15) is 18.3 Å². The van der Waals surface area contributed by atoms with Crippen LogP contribution >= 0.6 is 23.5 Å². The Balaban J connectivity index is -0.000000605. The van der Waals surface area contributed by atoms with Gasteiger partial charge in [-0.1, -0.05) is 0 Å². The van der Waals surface area contributed by atoms with Crippen LogP contribution in [0.1, 0.15) is 0 Å². The van der Waals surface area contributed by atoms with E-state index in [9.17, 15) is 43.5 Å². The molecule has 6 unspecified atom stereocenters. The summed E-state index contributed by atoms with van der Waals surface area (Å²) in [6.45, 7) is -1.01. The first kappa shape index (κ1) is 37.6. The van der Waals surface area contributed by atoms with Crippen LogP contribution in [0.2, 0.25) is 0 Å². The number of phosphoric ester groups is 2. The fraction of sp³-hybridized carbons (Fsp3) is 1.00. The van der Waals surface area contributed by atoms with Crippen molar-refractivity contribution in [2.24, 2.45) is 0 Å². The third-order valence-corrected chi connectivity index (χ3v) is 4.69. The number of hydrogen-bond acceptors (Lipinski definition) is 13. The zero-order valence-corrected chi connectivity index (χ0v) is 24.9. The summed E-state index contributed by atoms with van der Waals surface area (Å²) in [5.41, 5.74) is 0. The van der Waals surface area contributed by atoms with Crippen LogP contribution in [0.4, 0.5) is 0 Å². The van der Waals surface area contributed by atoms with Crippen LogP contribution in [0.25, 0.3) is 0 Å². The minimum absolute atomic E-state index is 0. The molecule has 0 bridgehead atoms. The van der Waals surface area contributed by atoms with E-state index in [-0.39, 0.29) is 118 Å². The molecule has 1 fully saturated rings. The molecular weight excluding hydrogens is 469 g/mol. The maximum absolute atomic E-state index is 11.1. The molecule has 0 aromatic heterocycles. The molecule has 0 spiro atoms. The third kappa shape index (κ3) is 15.1. The Hall–Kier alpha value is 4.25. The predicted octanol–water partition coefficient (Wildman–Crippen LogP) is -16.7. The molecule has 21 heteroatoms. The van der Waals surface area contributed by atoms with Gasteiger partial charge in [0.25, 0.3) is 15.6 Å². The van der Waals surface area contributed by atoms with Gasteiger partial charge in [-0.15, -0.1) is 0 Å². The van der Waals surface area contributed by atoms with Crippen LogP contribution < -0.4 is 138 Å². The van der Waals surface area contributed by atoms with Gasteiger partial charge in [0.05, 0.1) is 14.4 Å². The Labute approximate surface area is 236 Å². The van der Waals surface area contributed by atoms with Gasteiger partial charge in [0, 0.05) is 0 Å². The van der Waals surface area contributed by atoms with Crippen LogP contribution in [0.15, 0.2) is 0 Å². The van der Waals surface area contributed by atoms with Crippen LogP contribution in [0, 0.1) is 0 Å². The standard InChI is InChI=1S/C5H13O14P3.4Na/c6-3-2(1-16-20(8,9)10)17-5(4(3)7)18-22(14,15)19-21(11,12)13;;;;/h2-7H,1H2,(H,14,15)(H2,8,9,10)(H2,11,12,13);;;;/q;4*+1/p-4. The van der Waals surface area contributed by atoms with Crippen molar-refractivity contribution >= 4 is 23.5 Å². The molecule has 6 atom stereocenters. The normalized spacial score (nSPS) is 29.7. The Kier molecular flexibility index (Phi) is 21.9. The first-order chi connectivity index (χ1) is 9.70. The van der Waals surface area contributed by atoms with E-state index in [0.717, 1.165) is 0 Å². The van der Waals surface area contributed by atoms with Gasteiger partial charge in [-0.3, -0.25) is 18.0 Å². The number of aliphatic hydroxyl groups is 2. The number of phosphoric acid groups is 3. The molecule has 0 aromatic carbocycles. The molecule has 14 nitrogen and oxygen atoms in total. The number of ether oxygens (including phenoxy) is 1. The Morgan fingerprint density at radius 3 is 1.77 bits per heavy atom. The first-order valence-corrected chi connectivity index (χ1v) is 9.55. The molecule has 1 aliphatic heterocycles. The average Bonchev–Trinajstić information content (AvgIpc) is 2.49. The molecule has 3 N–H and O–H groups in total. The largest absolute Gasteiger partial charge is 1.00 e. The zero-order chi connectivity index (χ0) is 17.3. The molecule has 0 amide bonds. The van der Waals surface area contributed by atoms with Crippen molar-refractivity contribution in [1.29, 1.82) is 0 Å². The van der Waals surface area contributed by atoms with E-state index in [1.807, 2.05) is 0 Å². The van der Waals surface area contributed by atoms with Gasteiger partial charge in [-0.2, -0.15) is 0 Å². The molecule has 0 saturated carbocycles. The molecule has 0 aliphatic carbocycles. The first-order valence-electron chi connectivity index (χ1n) is 5.13. The van der Waals surface area contributed by atoms with E-state index < -0.39 is 54.7 Å². The van der Waals surface area contributed by atoms with E-state index in [1.54, 1.807) is 0 Å². The Morgan fingerprint density at radius 1 is 0.923 bits per heavy atom. The second-order valence-corrected chi connectivity index (χ2v) is 7.72. The summed E-state index contributed by atoms with van der Waals surface area (Å²) >= 11 is 0. The minimum atomic E-state index is -5.97. The van der Waals surface area contributed by atoms with E-state index in [2.05, 4.69) is 18.1 Å². The molecule has 1 heterocycles. The number of rotatable bonds is 7. The third-order valence-electron chi connectivity index (χ3n) is 2.15. The fourth-order valence-corrected chi connectivity index (χ4v) is 3.27. The van der Waals surface area contributed by atoms with E-state index >= 15 is 0 Å². The van der Waals surface area contributed by atoms with E-state index in [0.29, 0.717) is 0 Å². The fourth-order valence-electron chi connectivity index (χ4n) is 1.38. The monoisotopic (exact) mass is 478 g/mol. The van der Waals surface area contributed by atoms with Crippen LogP contribution in [-0.2, 0) is 31.8 Å². The summed E-state index contributed by atoms with van der Waals surface area (Å²) in [5, 5.41) is 18.8. The summed E-state index contributed by atoms with van der Waals surface area (Å²) in [7, 11) is -16.9. The predicted molar refractivity (Wildman–Crippen MR) is 53.8 cm³/mol. The smallest absolute Gasteiger partial charge is 0.790 e. The van der Waals surface area contributed by atoms with E-state index in [4.69, 9.17) is 4.89 Å². The number of aliphatic hydroxyl groups excluding tert-OH is 2. The Bertz CT molecular complexity index is 537. The van der Waals surface area contributed by atoms with Crippen LogP contribution in [0.5, 0.6) is 0 Å². The molecule has 1 saturated heterocycles. The maximum atomic E-state index is 11.1. The van der Waals surface area contributed by atoms with Crippen LogP contribution in [0.3, 0.4) is 0 Å². The molecule has 132 valence electrons. The van der Waals surface area contributed by atoms with Crippen LogP contribution in [-0.4, -0.2) is 46.3 Å². The summed E-state index contributed by atoms with van der Waals surface area (Å²) in [6, 6.07) is 0. The van der Waals surface area contributed by atoms with Crippen molar-refractivity contribution < 1.29 is 185 Å². The van der Waals surface area contributed by atoms with Crippen molar-refractivity contribution in [3.05, 3.63) is 0 Å². The SMILES string of the molecule is O=P([O-])([O-])OP(=O)([O-])OC1OC(COP(=O)([O-])O)C(O)C1O.[Na+].[Na+].[Na+].[Na+]. The Morgan fingerprint density at radius 2 is 1.38 bits per heavy atom. The van der Waals surface area contributed by atoms with Crippen molar-refractivity contribution in [2.75, 3.05) is 6.61 Å². The summed E-state index contributed by atoms with van der Waals surface area (Å²) in [5.74, 6) is 0. The van der Waals surface area contributed by atoms with Gasteiger partial charge in [-0.05, 0) is 0 Å². The summed E-state index contributed by atoms with van der Waals surface area (Å²) < 4.78 is 47.1. The minimum Gasteiger partial charge on any atom is -0.790 e. The molecule has 1 aliphatic rings.